The van der Waals surface area contributed by atoms with Crippen molar-refractivity contribution in [1.82, 2.24) is 0 Å². The summed E-state index contributed by atoms with van der Waals surface area (Å²) in [7, 11) is 1.41. The van der Waals surface area contributed by atoms with E-state index in [0.717, 1.165) is 5.56 Å². The highest BCUT2D eigenvalue weighted by atomic mass is 16.6. The molecule has 0 fully saturated rings. The van der Waals surface area contributed by atoms with Crippen molar-refractivity contribution in [2.45, 2.75) is 26.2 Å². The second kappa shape index (κ2) is 9.61. The lowest BCUT2D eigenvalue weighted by Gasteiger charge is -2.22. The molecule has 2 rings (SSSR count). The highest BCUT2D eigenvalue weighted by molar-refractivity contribution is 6.00. The molecule has 7 nitrogen and oxygen atoms in total. The second-order valence-corrected chi connectivity index (χ2v) is 7.45. The average molecular weight is 408 g/mol. The molecule has 0 unspecified atom stereocenters. The molecule has 0 aliphatic rings. The van der Waals surface area contributed by atoms with Gasteiger partial charge in [0.05, 0.1) is 7.11 Å². The van der Waals surface area contributed by atoms with E-state index in [-0.39, 0.29) is 29.1 Å². The molecule has 0 aliphatic heterocycles. The fourth-order valence-electron chi connectivity index (χ4n) is 2.68. The minimum absolute atomic E-state index is 0.139. The van der Waals surface area contributed by atoms with Gasteiger partial charge in [-0.1, -0.05) is 45.0 Å². The molecule has 2 N–H and O–H groups in total. The summed E-state index contributed by atoms with van der Waals surface area (Å²) in [6, 6.07) is 13.8. The number of ether oxygens (including phenoxy) is 3. The Morgan fingerprint density at radius 1 is 1.10 bits per heavy atom. The van der Waals surface area contributed by atoms with Crippen molar-refractivity contribution in [3.05, 3.63) is 59.2 Å². The molecular formula is C23H24N2O5. The Labute approximate surface area is 175 Å². The maximum absolute atomic E-state index is 12.3. The largest absolute Gasteiger partial charge is 0.493 e. The van der Waals surface area contributed by atoms with Crippen LogP contribution in [0.2, 0.25) is 0 Å². The van der Waals surface area contributed by atoms with Crippen LogP contribution in [0.25, 0.3) is 6.08 Å². The second-order valence-electron chi connectivity index (χ2n) is 7.45. The Kier molecular flexibility index (Phi) is 7.21. The minimum atomic E-state index is -0.834. The number of nitrogens with two attached hydrogens (primary N) is 1. The maximum atomic E-state index is 12.3. The molecule has 0 bridgehead atoms. The number of hydrogen-bond donors (Lipinski definition) is 1. The number of carbonyl (C=O) groups is 2. The lowest BCUT2D eigenvalue weighted by molar-refractivity contribution is -0.136. The minimum Gasteiger partial charge on any atom is -0.493 e. The Balaban J connectivity index is 2.13. The first-order valence-electron chi connectivity index (χ1n) is 9.18. The van der Waals surface area contributed by atoms with Crippen LogP contribution in [-0.2, 0) is 15.0 Å². The number of esters is 1. The van der Waals surface area contributed by atoms with Crippen LogP contribution in [0.3, 0.4) is 0 Å². The molecule has 0 heterocycles. The Morgan fingerprint density at radius 3 is 2.40 bits per heavy atom. The smallest absolute Gasteiger partial charge is 0.349 e. The molecule has 30 heavy (non-hydrogen) atoms. The van der Waals surface area contributed by atoms with Crippen LogP contribution in [0.1, 0.15) is 31.9 Å². The van der Waals surface area contributed by atoms with E-state index in [1.54, 1.807) is 18.2 Å². The van der Waals surface area contributed by atoms with Gasteiger partial charge in [-0.15, -0.1) is 0 Å². The van der Waals surface area contributed by atoms with E-state index in [1.807, 2.05) is 18.2 Å². The Morgan fingerprint density at radius 2 is 1.80 bits per heavy atom. The van der Waals surface area contributed by atoms with Gasteiger partial charge in [-0.05, 0) is 40.8 Å². The molecule has 0 radical (unpaired) electrons. The Hall–Kier alpha value is -3.79. The third-order valence-electron chi connectivity index (χ3n) is 4.15. The average Bonchev–Trinajstić information content (AvgIpc) is 2.70. The van der Waals surface area contributed by atoms with Crippen molar-refractivity contribution in [2.24, 2.45) is 5.73 Å². The number of methoxy groups -OCH3 is 1. The van der Waals surface area contributed by atoms with Gasteiger partial charge in [-0.3, -0.25) is 4.79 Å². The first kappa shape index (κ1) is 22.5. The number of rotatable bonds is 7. The van der Waals surface area contributed by atoms with E-state index < -0.39 is 11.9 Å². The number of primary amides is 1. The summed E-state index contributed by atoms with van der Waals surface area (Å²) in [5.74, 6) is -0.376. The highest BCUT2D eigenvalue weighted by Gasteiger charge is 2.19. The monoisotopic (exact) mass is 408 g/mol. The zero-order valence-corrected chi connectivity index (χ0v) is 17.4. The molecule has 1 amide bonds. The first-order valence-corrected chi connectivity index (χ1v) is 9.18. The summed E-state index contributed by atoms with van der Waals surface area (Å²) in [6.45, 7) is 5.90. The van der Waals surface area contributed by atoms with E-state index in [9.17, 15) is 9.59 Å². The number of nitriles is 1. The molecule has 0 saturated heterocycles. The highest BCUT2D eigenvalue weighted by Crippen LogP contribution is 2.32. The third-order valence-corrected chi connectivity index (χ3v) is 4.15. The molecule has 156 valence electrons. The number of para-hydroxylation sites is 1. The van der Waals surface area contributed by atoms with E-state index in [1.165, 1.54) is 25.3 Å². The predicted octanol–water partition coefficient (Wildman–Crippen LogP) is 3.37. The van der Waals surface area contributed by atoms with Gasteiger partial charge in [-0.25, -0.2) is 4.79 Å². The zero-order chi connectivity index (χ0) is 22.3. The summed E-state index contributed by atoms with van der Waals surface area (Å²) in [4.78, 5) is 23.5. The van der Waals surface area contributed by atoms with Gasteiger partial charge in [0.2, 0.25) is 0 Å². The molecular weight excluding hydrogens is 384 g/mol. The van der Waals surface area contributed by atoms with Gasteiger partial charge in [0.25, 0.3) is 5.91 Å². The normalized spacial score (nSPS) is 11.4. The van der Waals surface area contributed by atoms with Crippen molar-refractivity contribution >= 4 is 18.0 Å². The molecule has 0 saturated carbocycles. The van der Waals surface area contributed by atoms with E-state index in [0.29, 0.717) is 11.3 Å². The fourth-order valence-corrected chi connectivity index (χ4v) is 2.68. The van der Waals surface area contributed by atoms with Crippen LogP contribution in [-0.4, -0.2) is 25.6 Å². The first-order chi connectivity index (χ1) is 14.2. The molecule has 2 aromatic carbocycles. The van der Waals surface area contributed by atoms with Crippen LogP contribution in [0.15, 0.2) is 48.0 Å². The van der Waals surface area contributed by atoms with Gasteiger partial charge in [0, 0.05) is 0 Å². The van der Waals surface area contributed by atoms with Crippen LogP contribution >= 0.6 is 0 Å². The summed E-state index contributed by atoms with van der Waals surface area (Å²) >= 11 is 0. The van der Waals surface area contributed by atoms with Gasteiger partial charge < -0.3 is 19.9 Å². The lowest BCUT2D eigenvalue weighted by Crippen LogP contribution is -2.20. The van der Waals surface area contributed by atoms with Crippen molar-refractivity contribution in [3.8, 4) is 23.3 Å². The van der Waals surface area contributed by atoms with Crippen LogP contribution < -0.4 is 19.9 Å². The topological polar surface area (TPSA) is 112 Å². The molecule has 2 aromatic rings. The quantitative estimate of drug-likeness (QED) is 0.325. The van der Waals surface area contributed by atoms with E-state index >= 15 is 0 Å². The number of benzene rings is 2. The van der Waals surface area contributed by atoms with Gasteiger partial charge >= 0.3 is 5.97 Å². The molecule has 0 aliphatic carbocycles. The number of amides is 1. The number of carbonyl (C=O) groups excluding carboxylic acids is 2. The van der Waals surface area contributed by atoms with Gasteiger partial charge in [0.15, 0.2) is 18.1 Å². The fraction of sp³-hybridized carbons (Fsp3) is 0.261. The number of hydrogen-bond acceptors (Lipinski definition) is 6. The van der Waals surface area contributed by atoms with Crippen molar-refractivity contribution in [3.63, 3.8) is 0 Å². The number of nitrogens with zero attached hydrogens (tertiary/aromatic N) is 1. The molecule has 0 atom stereocenters. The predicted molar refractivity (Wildman–Crippen MR) is 112 cm³/mol. The Bertz CT molecular complexity index is 1010. The van der Waals surface area contributed by atoms with E-state index in [2.05, 4.69) is 20.8 Å². The van der Waals surface area contributed by atoms with Crippen LogP contribution in [0.5, 0.6) is 17.2 Å². The van der Waals surface area contributed by atoms with Gasteiger partial charge in [0.1, 0.15) is 17.4 Å². The lowest BCUT2D eigenvalue weighted by atomic mass is 9.86. The van der Waals surface area contributed by atoms with Crippen molar-refractivity contribution in [2.75, 3.05) is 13.7 Å². The molecule has 0 spiro atoms. The standard InChI is InChI=1S/C23H24N2O5/c1-23(2,3)17-7-5-6-8-18(17)29-14-21(26)30-19-10-9-15(12-20(19)28-4)11-16(13-24)22(25)27/h5-12H,14H2,1-4H3,(H2,25,27)/b16-11+. The van der Waals surface area contributed by atoms with Crippen molar-refractivity contribution in [1.29, 1.82) is 5.26 Å². The molecule has 0 aromatic heterocycles. The summed E-state index contributed by atoms with van der Waals surface area (Å²) < 4.78 is 16.3. The molecule has 7 heteroatoms. The van der Waals surface area contributed by atoms with Crippen molar-refractivity contribution < 1.29 is 23.8 Å². The zero-order valence-electron chi connectivity index (χ0n) is 17.4. The van der Waals surface area contributed by atoms with Gasteiger partial charge in [-0.2, -0.15) is 5.26 Å². The third kappa shape index (κ3) is 5.85. The summed E-state index contributed by atoms with van der Waals surface area (Å²) in [6.07, 6.45) is 1.32. The van der Waals surface area contributed by atoms with E-state index in [4.69, 9.17) is 25.2 Å². The van der Waals surface area contributed by atoms with Crippen LogP contribution in [0, 0.1) is 11.3 Å². The van der Waals surface area contributed by atoms with Crippen LogP contribution in [0.4, 0.5) is 0 Å². The summed E-state index contributed by atoms with van der Waals surface area (Å²) in [5.41, 5.74) is 6.27. The summed E-state index contributed by atoms with van der Waals surface area (Å²) in [5, 5.41) is 8.95. The maximum Gasteiger partial charge on any atom is 0.349 e. The SMILES string of the molecule is COc1cc(/C=C(\C#N)C(N)=O)ccc1OC(=O)COc1ccccc1C(C)(C)C.